The molecular weight excluding hydrogens is 565 g/mol. The van der Waals surface area contributed by atoms with Crippen molar-refractivity contribution in [3.63, 3.8) is 0 Å². The van der Waals surface area contributed by atoms with Crippen molar-refractivity contribution >= 4 is 21.6 Å². The fraction of sp³-hybridized carbons (Fsp3) is 0.387. The van der Waals surface area contributed by atoms with Gasteiger partial charge < -0.3 is 14.4 Å². The first-order valence-corrected chi connectivity index (χ1v) is 14.5. The Balaban J connectivity index is 1.20. The second kappa shape index (κ2) is 11.8. The molecule has 0 aliphatic carbocycles. The normalized spacial score (nSPS) is 14.8. The molecule has 1 saturated heterocycles. The van der Waals surface area contributed by atoms with E-state index in [0.29, 0.717) is 34.7 Å². The van der Waals surface area contributed by atoms with Crippen molar-refractivity contribution in [3.8, 4) is 17.1 Å². The number of thiazole rings is 1. The average molecular weight is 599 g/mol. The first-order chi connectivity index (χ1) is 19.9. The van der Waals surface area contributed by atoms with Crippen LogP contribution in [0.15, 0.2) is 72.1 Å². The second-order valence-corrected chi connectivity index (χ2v) is 12.4. The summed E-state index contributed by atoms with van der Waals surface area (Å²) in [4.78, 5) is 23.4. The van der Waals surface area contributed by atoms with Crippen LogP contribution in [-0.4, -0.2) is 44.7 Å². The van der Waals surface area contributed by atoms with E-state index in [1.807, 2.05) is 45.0 Å². The Labute approximate surface area is 246 Å². The predicted molar refractivity (Wildman–Crippen MR) is 157 cm³/mol. The molecule has 1 aliphatic heterocycles. The predicted octanol–water partition coefficient (Wildman–Crippen LogP) is 6.96. The van der Waals surface area contributed by atoms with Gasteiger partial charge in [0.2, 0.25) is 0 Å². The third kappa shape index (κ3) is 7.13. The van der Waals surface area contributed by atoms with E-state index in [2.05, 4.69) is 21.4 Å². The van der Waals surface area contributed by atoms with Gasteiger partial charge in [-0.05, 0) is 75.9 Å². The number of nitrogens with zero attached hydrogens (tertiary/aromatic N) is 4. The smallest absolute Gasteiger partial charge is 0.416 e. The number of aromatic nitrogens is 3. The molecule has 11 heteroatoms. The molecule has 1 fully saturated rings. The number of fused-ring (bicyclic) bond motifs is 1. The Kier molecular flexibility index (Phi) is 8.32. The fourth-order valence-electron chi connectivity index (χ4n) is 4.90. The van der Waals surface area contributed by atoms with Gasteiger partial charge in [-0.3, -0.25) is 9.36 Å². The van der Waals surface area contributed by atoms with Crippen LogP contribution in [-0.2, 0) is 17.5 Å². The maximum atomic E-state index is 13.3. The van der Waals surface area contributed by atoms with Crippen molar-refractivity contribution < 1.29 is 22.6 Å². The zero-order valence-corrected chi connectivity index (χ0v) is 24.6. The molecule has 2 aromatic heterocycles. The Hall–Kier alpha value is -3.86. The number of benzene rings is 2. The standard InChI is InChI=1S/C31H33F3N4O3S/c1-20(41-30(2,3)4)37-12-10-21(11-13-37)19-40-25-16-35-28(36-17-25)23-7-5-6-22(14-23)18-38-26-15-24(31(32,33)34)8-9-27(26)42-29(38)39/h5-9,14-17,21H,1,10-13,18-19H2,2-4H3. The Bertz CT molecular complexity index is 1620. The third-order valence-electron chi connectivity index (χ3n) is 7.03. The Morgan fingerprint density at radius 1 is 1.07 bits per heavy atom. The van der Waals surface area contributed by atoms with Gasteiger partial charge in [-0.25, -0.2) is 9.97 Å². The molecule has 2 aromatic carbocycles. The molecule has 5 rings (SSSR count). The lowest BCUT2D eigenvalue weighted by atomic mass is 9.98. The molecule has 4 aromatic rings. The summed E-state index contributed by atoms with van der Waals surface area (Å²) < 4.78 is 53.5. The zero-order chi connectivity index (χ0) is 30.1. The van der Waals surface area contributed by atoms with Crippen LogP contribution >= 0.6 is 11.3 Å². The maximum absolute atomic E-state index is 13.3. The van der Waals surface area contributed by atoms with Crippen molar-refractivity contribution in [2.75, 3.05) is 19.7 Å². The van der Waals surface area contributed by atoms with Gasteiger partial charge in [0.15, 0.2) is 17.5 Å². The highest BCUT2D eigenvalue weighted by atomic mass is 32.1. The summed E-state index contributed by atoms with van der Waals surface area (Å²) in [5.74, 6) is 2.18. The van der Waals surface area contributed by atoms with Crippen molar-refractivity contribution in [3.05, 3.63) is 88.1 Å². The molecule has 222 valence electrons. The average Bonchev–Trinajstić information content (AvgIpc) is 3.25. The lowest BCUT2D eigenvalue weighted by Gasteiger charge is -2.36. The summed E-state index contributed by atoms with van der Waals surface area (Å²) in [5, 5.41) is 0. The van der Waals surface area contributed by atoms with Crippen LogP contribution in [0.3, 0.4) is 0 Å². The van der Waals surface area contributed by atoms with E-state index in [4.69, 9.17) is 9.47 Å². The Morgan fingerprint density at radius 3 is 2.45 bits per heavy atom. The summed E-state index contributed by atoms with van der Waals surface area (Å²) in [6, 6.07) is 10.7. The van der Waals surface area contributed by atoms with Crippen molar-refractivity contribution in [1.82, 2.24) is 19.4 Å². The topological polar surface area (TPSA) is 69.5 Å². The first-order valence-electron chi connectivity index (χ1n) is 13.7. The number of halogens is 3. The summed E-state index contributed by atoms with van der Waals surface area (Å²) in [7, 11) is 0. The monoisotopic (exact) mass is 598 g/mol. The number of hydrogen-bond acceptors (Lipinski definition) is 7. The van der Waals surface area contributed by atoms with E-state index in [1.165, 1.54) is 10.6 Å². The molecule has 7 nitrogen and oxygen atoms in total. The number of rotatable bonds is 8. The molecule has 0 unspecified atom stereocenters. The minimum absolute atomic E-state index is 0.129. The van der Waals surface area contributed by atoms with Crippen molar-refractivity contribution in [2.24, 2.45) is 5.92 Å². The van der Waals surface area contributed by atoms with E-state index in [0.717, 1.165) is 60.5 Å². The SMILES string of the molecule is C=C(OC(C)(C)C)N1CCC(COc2cnc(-c3cccc(Cn4c(=O)sc5ccc(C(F)(F)F)cc54)c3)nc2)CC1. The largest absolute Gasteiger partial charge is 0.490 e. The maximum Gasteiger partial charge on any atom is 0.416 e. The summed E-state index contributed by atoms with van der Waals surface area (Å²) in [6.07, 6.45) is 0.729. The molecule has 1 aliphatic rings. The molecular formula is C31H33F3N4O3S. The highest BCUT2D eigenvalue weighted by Crippen LogP contribution is 2.32. The van der Waals surface area contributed by atoms with Gasteiger partial charge in [0.05, 0.1) is 41.3 Å². The van der Waals surface area contributed by atoms with Crippen molar-refractivity contribution in [2.45, 2.75) is 51.9 Å². The van der Waals surface area contributed by atoms with Crippen LogP contribution in [0.2, 0.25) is 0 Å². The summed E-state index contributed by atoms with van der Waals surface area (Å²) in [6.45, 7) is 12.5. The van der Waals surface area contributed by atoms with E-state index < -0.39 is 11.7 Å². The lowest BCUT2D eigenvalue weighted by Crippen LogP contribution is -2.37. The van der Waals surface area contributed by atoms with Crippen LogP contribution < -0.4 is 9.61 Å². The Morgan fingerprint density at radius 2 is 1.79 bits per heavy atom. The van der Waals surface area contributed by atoms with Gasteiger partial charge >= 0.3 is 11.0 Å². The fourth-order valence-corrected chi connectivity index (χ4v) is 5.77. The number of hydrogen-bond donors (Lipinski definition) is 0. The molecule has 0 N–H and O–H groups in total. The van der Waals surface area contributed by atoms with Gasteiger partial charge in [-0.1, -0.05) is 29.5 Å². The highest BCUT2D eigenvalue weighted by Gasteiger charge is 2.31. The minimum Gasteiger partial charge on any atom is -0.490 e. The van der Waals surface area contributed by atoms with Crippen LogP contribution in [0, 0.1) is 5.92 Å². The van der Waals surface area contributed by atoms with Crippen LogP contribution in [0.4, 0.5) is 13.2 Å². The number of likely N-dealkylation sites (tertiary alicyclic amines) is 1. The molecule has 42 heavy (non-hydrogen) atoms. The summed E-state index contributed by atoms with van der Waals surface area (Å²) in [5.41, 5.74) is 0.683. The van der Waals surface area contributed by atoms with Crippen LogP contribution in [0.25, 0.3) is 21.6 Å². The van der Waals surface area contributed by atoms with Crippen molar-refractivity contribution in [1.29, 1.82) is 0 Å². The zero-order valence-electron chi connectivity index (χ0n) is 23.8. The van der Waals surface area contributed by atoms with Crippen LogP contribution in [0.5, 0.6) is 5.75 Å². The minimum atomic E-state index is -4.49. The molecule has 3 heterocycles. The molecule has 0 spiro atoms. The number of piperidine rings is 1. The molecule has 0 radical (unpaired) electrons. The van der Waals surface area contributed by atoms with E-state index >= 15 is 0 Å². The van der Waals surface area contributed by atoms with Gasteiger partial charge in [0, 0.05) is 18.7 Å². The van der Waals surface area contributed by atoms with Crippen LogP contribution in [0.1, 0.15) is 44.7 Å². The molecule has 0 atom stereocenters. The number of ether oxygens (including phenoxy) is 2. The van der Waals surface area contributed by atoms with Gasteiger partial charge in [0.1, 0.15) is 5.60 Å². The lowest BCUT2D eigenvalue weighted by molar-refractivity contribution is -0.137. The summed E-state index contributed by atoms with van der Waals surface area (Å²) >= 11 is 0.927. The highest BCUT2D eigenvalue weighted by molar-refractivity contribution is 7.16. The van der Waals surface area contributed by atoms with Gasteiger partial charge in [0.25, 0.3) is 0 Å². The molecule has 0 amide bonds. The van der Waals surface area contributed by atoms with Gasteiger partial charge in [-0.15, -0.1) is 0 Å². The third-order valence-corrected chi connectivity index (χ3v) is 7.99. The van der Waals surface area contributed by atoms with E-state index in [1.54, 1.807) is 12.4 Å². The quantitative estimate of drug-likeness (QED) is 0.204. The molecule has 0 saturated carbocycles. The number of alkyl halides is 3. The first kappa shape index (κ1) is 29.6. The second-order valence-electron chi connectivity index (χ2n) is 11.4. The van der Waals surface area contributed by atoms with E-state index in [9.17, 15) is 18.0 Å². The van der Waals surface area contributed by atoms with Gasteiger partial charge in [-0.2, -0.15) is 13.2 Å². The molecule has 0 bridgehead atoms. The van der Waals surface area contributed by atoms with E-state index in [-0.39, 0.29) is 22.5 Å².